The summed E-state index contributed by atoms with van der Waals surface area (Å²) in [6.07, 6.45) is 9.68. The molecule has 1 fully saturated rings. The van der Waals surface area contributed by atoms with Gasteiger partial charge in [0.2, 0.25) is 0 Å². The first-order valence-corrected chi connectivity index (χ1v) is 7.62. The fourth-order valence-electron chi connectivity index (χ4n) is 2.89. The summed E-state index contributed by atoms with van der Waals surface area (Å²) < 4.78 is 0. The van der Waals surface area contributed by atoms with Gasteiger partial charge in [-0.2, -0.15) is 0 Å². The molecule has 1 aromatic rings. The van der Waals surface area contributed by atoms with Crippen LogP contribution in [0.4, 0.5) is 0 Å². The normalized spacial score (nSPS) is 18.7. The summed E-state index contributed by atoms with van der Waals surface area (Å²) in [6.45, 7) is 3.56. The highest BCUT2D eigenvalue weighted by atomic mass is 14.9. The van der Waals surface area contributed by atoms with E-state index in [1.807, 2.05) is 0 Å². The van der Waals surface area contributed by atoms with E-state index < -0.39 is 0 Å². The molecule has 18 heavy (non-hydrogen) atoms. The first-order chi connectivity index (χ1) is 8.84. The van der Waals surface area contributed by atoms with E-state index in [0.717, 1.165) is 5.92 Å². The summed E-state index contributed by atoms with van der Waals surface area (Å²) in [5, 5.41) is 3.72. The highest BCUT2D eigenvalue weighted by Crippen LogP contribution is 2.22. The van der Waals surface area contributed by atoms with Crippen LogP contribution in [0, 0.1) is 5.92 Å². The van der Waals surface area contributed by atoms with E-state index in [4.69, 9.17) is 0 Å². The Morgan fingerprint density at radius 2 is 1.83 bits per heavy atom. The lowest BCUT2D eigenvalue weighted by Crippen LogP contribution is -2.32. The Balaban J connectivity index is 1.61. The number of hydrogen-bond donors (Lipinski definition) is 1. The molecule has 1 aromatic carbocycles. The molecule has 0 heterocycles. The van der Waals surface area contributed by atoms with Crippen LogP contribution in [-0.2, 0) is 6.42 Å². The van der Waals surface area contributed by atoms with E-state index in [1.54, 1.807) is 0 Å². The summed E-state index contributed by atoms with van der Waals surface area (Å²) in [6, 6.07) is 11.5. The molecular formula is C17H27N. The molecule has 0 unspecified atom stereocenters. The van der Waals surface area contributed by atoms with E-state index in [-0.39, 0.29) is 0 Å². The Hall–Kier alpha value is -0.820. The SMILES string of the molecule is C[C@H](CCc1ccccc1)NCC1CCCCC1. The highest BCUT2D eigenvalue weighted by molar-refractivity contribution is 5.14. The fraction of sp³-hybridized carbons (Fsp3) is 0.647. The van der Waals surface area contributed by atoms with Crippen molar-refractivity contribution in [2.45, 2.75) is 57.9 Å². The standard InChI is InChI=1S/C17H27N/c1-15(12-13-16-8-4-2-5-9-16)18-14-17-10-6-3-7-11-17/h2,4-5,8-9,15,17-18H,3,6-7,10-14H2,1H3/t15-/m1/s1. The maximum atomic E-state index is 3.72. The molecule has 1 aliphatic carbocycles. The third-order valence-corrected chi connectivity index (χ3v) is 4.19. The predicted molar refractivity (Wildman–Crippen MR) is 78.8 cm³/mol. The second kappa shape index (κ2) is 7.58. The van der Waals surface area contributed by atoms with Gasteiger partial charge in [-0.1, -0.05) is 49.6 Å². The van der Waals surface area contributed by atoms with Gasteiger partial charge in [-0.25, -0.2) is 0 Å². The van der Waals surface area contributed by atoms with Crippen LogP contribution in [0.3, 0.4) is 0 Å². The van der Waals surface area contributed by atoms with Gasteiger partial charge in [-0.15, -0.1) is 0 Å². The molecule has 0 bridgehead atoms. The molecule has 1 aliphatic rings. The fourth-order valence-corrected chi connectivity index (χ4v) is 2.89. The number of rotatable bonds is 6. The van der Waals surface area contributed by atoms with Gasteiger partial charge < -0.3 is 5.32 Å². The Labute approximate surface area is 112 Å². The van der Waals surface area contributed by atoms with Crippen molar-refractivity contribution in [1.29, 1.82) is 0 Å². The lowest BCUT2D eigenvalue weighted by Gasteiger charge is -2.24. The molecule has 1 heteroatoms. The van der Waals surface area contributed by atoms with Gasteiger partial charge in [-0.3, -0.25) is 0 Å². The van der Waals surface area contributed by atoms with E-state index in [0.29, 0.717) is 6.04 Å². The van der Waals surface area contributed by atoms with E-state index >= 15 is 0 Å². The van der Waals surface area contributed by atoms with Gasteiger partial charge in [0.1, 0.15) is 0 Å². The van der Waals surface area contributed by atoms with Crippen LogP contribution in [0.5, 0.6) is 0 Å². The van der Waals surface area contributed by atoms with Crippen LogP contribution in [0.25, 0.3) is 0 Å². The monoisotopic (exact) mass is 245 g/mol. The summed E-state index contributed by atoms with van der Waals surface area (Å²) in [4.78, 5) is 0. The van der Waals surface area contributed by atoms with Crippen LogP contribution in [-0.4, -0.2) is 12.6 Å². The number of hydrogen-bond acceptors (Lipinski definition) is 1. The number of aryl methyl sites for hydroxylation is 1. The summed E-state index contributed by atoms with van der Waals surface area (Å²) in [5.74, 6) is 0.943. The Morgan fingerprint density at radius 1 is 1.11 bits per heavy atom. The van der Waals surface area contributed by atoms with Crippen molar-refractivity contribution in [3.63, 3.8) is 0 Å². The van der Waals surface area contributed by atoms with Crippen molar-refractivity contribution in [3.05, 3.63) is 35.9 Å². The smallest absolute Gasteiger partial charge is 0.00420 e. The molecular weight excluding hydrogens is 218 g/mol. The molecule has 0 saturated heterocycles. The molecule has 1 N–H and O–H groups in total. The van der Waals surface area contributed by atoms with Crippen LogP contribution in [0.15, 0.2) is 30.3 Å². The van der Waals surface area contributed by atoms with Crippen LogP contribution in [0.2, 0.25) is 0 Å². The van der Waals surface area contributed by atoms with Crippen LogP contribution in [0.1, 0.15) is 51.0 Å². The predicted octanol–water partition coefficient (Wildman–Crippen LogP) is 4.18. The number of benzene rings is 1. The van der Waals surface area contributed by atoms with Gasteiger partial charge in [0.05, 0.1) is 0 Å². The molecule has 0 aliphatic heterocycles. The highest BCUT2D eigenvalue weighted by Gasteiger charge is 2.13. The minimum atomic E-state index is 0.645. The van der Waals surface area contributed by atoms with Crippen LogP contribution >= 0.6 is 0 Å². The molecule has 1 nitrogen and oxygen atoms in total. The lowest BCUT2D eigenvalue weighted by molar-refractivity contribution is 0.327. The summed E-state index contributed by atoms with van der Waals surface area (Å²) in [7, 11) is 0. The van der Waals surface area contributed by atoms with E-state index in [1.165, 1.54) is 57.1 Å². The topological polar surface area (TPSA) is 12.0 Å². The number of nitrogens with one attached hydrogen (secondary N) is 1. The minimum absolute atomic E-state index is 0.645. The maximum absolute atomic E-state index is 3.72. The first-order valence-electron chi connectivity index (χ1n) is 7.62. The van der Waals surface area contributed by atoms with Gasteiger partial charge in [-0.05, 0) is 50.6 Å². The zero-order valence-corrected chi connectivity index (χ0v) is 11.7. The third kappa shape index (κ3) is 4.81. The van der Waals surface area contributed by atoms with Gasteiger partial charge >= 0.3 is 0 Å². The lowest BCUT2D eigenvalue weighted by atomic mass is 9.89. The average molecular weight is 245 g/mol. The molecule has 1 atom stereocenters. The molecule has 0 amide bonds. The van der Waals surface area contributed by atoms with Crippen molar-refractivity contribution < 1.29 is 0 Å². The molecule has 100 valence electrons. The quantitative estimate of drug-likeness (QED) is 0.793. The van der Waals surface area contributed by atoms with Crippen molar-refractivity contribution in [2.75, 3.05) is 6.54 Å². The largest absolute Gasteiger partial charge is 0.314 e. The Morgan fingerprint density at radius 3 is 2.56 bits per heavy atom. The van der Waals surface area contributed by atoms with E-state index in [9.17, 15) is 0 Å². The van der Waals surface area contributed by atoms with E-state index in [2.05, 4.69) is 42.6 Å². The molecule has 0 radical (unpaired) electrons. The van der Waals surface area contributed by atoms with Crippen molar-refractivity contribution in [3.8, 4) is 0 Å². The minimum Gasteiger partial charge on any atom is -0.314 e. The second-order valence-electron chi connectivity index (χ2n) is 5.84. The van der Waals surface area contributed by atoms with Crippen molar-refractivity contribution >= 4 is 0 Å². The molecule has 2 rings (SSSR count). The molecule has 0 aromatic heterocycles. The molecule has 1 saturated carbocycles. The van der Waals surface area contributed by atoms with Crippen molar-refractivity contribution in [1.82, 2.24) is 5.32 Å². The zero-order chi connectivity index (χ0) is 12.6. The van der Waals surface area contributed by atoms with Gasteiger partial charge in [0.25, 0.3) is 0 Å². The maximum Gasteiger partial charge on any atom is 0.00420 e. The third-order valence-electron chi connectivity index (χ3n) is 4.19. The zero-order valence-electron chi connectivity index (χ0n) is 11.7. The Bertz CT molecular complexity index is 314. The van der Waals surface area contributed by atoms with Gasteiger partial charge in [0.15, 0.2) is 0 Å². The van der Waals surface area contributed by atoms with Crippen molar-refractivity contribution in [2.24, 2.45) is 5.92 Å². The second-order valence-corrected chi connectivity index (χ2v) is 5.84. The van der Waals surface area contributed by atoms with Gasteiger partial charge in [0, 0.05) is 6.04 Å². The Kier molecular flexibility index (Phi) is 5.73. The first kappa shape index (κ1) is 13.6. The molecule has 0 spiro atoms. The van der Waals surface area contributed by atoms with Crippen LogP contribution < -0.4 is 5.32 Å². The summed E-state index contributed by atoms with van der Waals surface area (Å²) >= 11 is 0. The average Bonchev–Trinajstić information content (AvgIpc) is 2.45. The summed E-state index contributed by atoms with van der Waals surface area (Å²) in [5.41, 5.74) is 1.46.